The van der Waals surface area contributed by atoms with Crippen molar-refractivity contribution in [3.63, 3.8) is 0 Å². The van der Waals surface area contributed by atoms with Gasteiger partial charge in [-0.25, -0.2) is 4.39 Å². The molecule has 0 aromatic heterocycles. The fourth-order valence-corrected chi connectivity index (χ4v) is 3.42. The van der Waals surface area contributed by atoms with Crippen LogP contribution in [0.25, 0.3) is 0 Å². The standard InChI is InChI=1S/C19H22FNO.CHCl3.BF4/c20-17-11-12-18(19(17)22)21(13-15-7-3-1-4-8-15)14-16-9-5-2-6-10-16;2-1(3)4;2-1(3,4)5/h1-10,17-19,22H,11-14H2;1H;/q;;-1/p+1/t17-,18-,19+;;/m1../s1. The molecule has 2 aromatic rings. The van der Waals surface area contributed by atoms with Crippen LogP contribution in [0.1, 0.15) is 24.0 Å². The van der Waals surface area contributed by atoms with Crippen LogP contribution in [0.3, 0.4) is 0 Å². The number of quaternary nitrogens is 1. The minimum Gasteiger partial charge on any atom is -0.418 e. The average molecular weight is 507 g/mol. The van der Waals surface area contributed by atoms with E-state index in [4.69, 9.17) is 34.8 Å². The van der Waals surface area contributed by atoms with Gasteiger partial charge in [0, 0.05) is 17.5 Å². The Morgan fingerprint density at radius 1 is 0.839 bits per heavy atom. The molecule has 1 saturated carbocycles. The van der Waals surface area contributed by atoms with Crippen molar-refractivity contribution in [1.82, 2.24) is 0 Å². The quantitative estimate of drug-likeness (QED) is 0.316. The first-order chi connectivity index (χ1) is 14.5. The smallest absolute Gasteiger partial charge is 0.418 e. The summed E-state index contributed by atoms with van der Waals surface area (Å²) < 4.78 is 52.0. The van der Waals surface area contributed by atoms with E-state index in [-0.39, 0.29) is 6.04 Å². The number of rotatable bonds is 5. The van der Waals surface area contributed by atoms with Crippen LogP contribution in [0.5, 0.6) is 0 Å². The lowest BCUT2D eigenvalue weighted by atomic mass is 10.1. The molecule has 1 aliphatic carbocycles. The molecule has 2 N–H and O–H groups in total. The highest BCUT2D eigenvalue weighted by Crippen LogP contribution is 2.21. The Labute approximate surface area is 194 Å². The van der Waals surface area contributed by atoms with Crippen molar-refractivity contribution in [1.29, 1.82) is 0 Å². The molecule has 2 aromatic carbocycles. The van der Waals surface area contributed by atoms with Crippen LogP contribution in [0.15, 0.2) is 60.7 Å². The lowest BCUT2D eigenvalue weighted by molar-refractivity contribution is -0.954. The summed E-state index contributed by atoms with van der Waals surface area (Å²) in [5, 5.41) is 10.2. The molecule has 0 amide bonds. The molecule has 0 unspecified atom stereocenters. The maximum atomic E-state index is 13.7. The first-order valence-electron chi connectivity index (χ1n) is 9.51. The Kier molecular flexibility index (Phi) is 12.8. The molecular formula is C20H24BCl3F5NO. The molecule has 1 aliphatic rings. The van der Waals surface area contributed by atoms with Gasteiger partial charge in [-0.2, -0.15) is 0 Å². The number of hydrogen-bond acceptors (Lipinski definition) is 1. The molecule has 0 radical (unpaired) electrons. The van der Waals surface area contributed by atoms with Gasteiger partial charge in [0.25, 0.3) is 0 Å². The van der Waals surface area contributed by atoms with Crippen LogP contribution in [0, 0.1) is 0 Å². The Bertz CT molecular complexity index is 678. The fraction of sp³-hybridized carbons (Fsp3) is 0.400. The predicted molar refractivity (Wildman–Crippen MR) is 117 cm³/mol. The molecule has 31 heavy (non-hydrogen) atoms. The van der Waals surface area contributed by atoms with Gasteiger partial charge in [-0.15, -0.1) is 0 Å². The van der Waals surface area contributed by atoms with Crippen LogP contribution >= 0.6 is 34.8 Å². The van der Waals surface area contributed by atoms with Gasteiger partial charge in [-0.1, -0.05) is 95.5 Å². The third-order valence-corrected chi connectivity index (χ3v) is 4.61. The highest BCUT2D eigenvalue weighted by molar-refractivity contribution is 6.63. The Hall–Kier alpha value is -1.06. The summed E-state index contributed by atoms with van der Waals surface area (Å²) in [6.07, 6.45) is -0.704. The van der Waals surface area contributed by atoms with Gasteiger partial charge in [0.1, 0.15) is 31.4 Å². The Morgan fingerprint density at radius 2 is 1.19 bits per heavy atom. The maximum absolute atomic E-state index is 13.7. The lowest BCUT2D eigenvalue weighted by Crippen LogP contribution is -3.14. The molecule has 0 spiro atoms. The van der Waals surface area contributed by atoms with E-state index in [9.17, 15) is 26.8 Å². The van der Waals surface area contributed by atoms with Crippen molar-refractivity contribution in [2.75, 3.05) is 0 Å². The monoisotopic (exact) mass is 505 g/mol. The number of alkyl halides is 4. The third kappa shape index (κ3) is 13.2. The van der Waals surface area contributed by atoms with Gasteiger partial charge in [-0.3, -0.25) is 0 Å². The molecule has 11 heteroatoms. The first kappa shape index (κ1) is 28.0. The summed E-state index contributed by atoms with van der Waals surface area (Å²) in [5.74, 6) is 0. The van der Waals surface area contributed by atoms with Gasteiger partial charge >= 0.3 is 7.25 Å². The van der Waals surface area contributed by atoms with E-state index >= 15 is 0 Å². The predicted octanol–water partition coefficient (Wildman–Crippen LogP) is 5.42. The second kappa shape index (κ2) is 14.2. The van der Waals surface area contributed by atoms with Crippen molar-refractivity contribution in [2.24, 2.45) is 0 Å². The molecule has 0 heterocycles. The van der Waals surface area contributed by atoms with Crippen LogP contribution in [-0.4, -0.2) is 35.0 Å². The number of halogens is 8. The van der Waals surface area contributed by atoms with Crippen molar-refractivity contribution in [3.05, 3.63) is 71.8 Å². The van der Waals surface area contributed by atoms with Gasteiger partial charge < -0.3 is 27.3 Å². The summed E-state index contributed by atoms with van der Waals surface area (Å²) in [5.41, 5.74) is 2.45. The molecule has 1 fully saturated rings. The maximum Gasteiger partial charge on any atom is 0.673 e. The molecule has 0 saturated heterocycles. The molecule has 0 aliphatic heterocycles. The molecule has 3 atom stereocenters. The Morgan fingerprint density at radius 3 is 1.48 bits per heavy atom. The fourth-order valence-electron chi connectivity index (χ4n) is 3.42. The van der Waals surface area contributed by atoms with Gasteiger partial charge in [0.05, 0.1) is 0 Å². The van der Waals surface area contributed by atoms with Crippen LogP contribution in [0.2, 0.25) is 0 Å². The van der Waals surface area contributed by atoms with Crippen molar-refractivity contribution in [3.8, 4) is 0 Å². The summed E-state index contributed by atoms with van der Waals surface area (Å²) in [6, 6.07) is 20.5. The highest BCUT2D eigenvalue weighted by atomic mass is 35.6. The minimum atomic E-state index is -6.00. The zero-order valence-corrected chi connectivity index (χ0v) is 18.7. The lowest BCUT2D eigenvalue weighted by Gasteiger charge is -2.28. The topological polar surface area (TPSA) is 24.7 Å². The average Bonchev–Trinajstić information content (AvgIpc) is 3.00. The first-order valence-corrected chi connectivity index (χ1v) is 10.8. The van der Waals surface area contributed by atoms with E-state index in [2.05, 4.69) is 24.3 Å². The second-order valence-electron chi connectivity index (χ2n) is 6.92. The van der Waals surface area contributed by atoms with E-state index in [0.29, 0.717) is 6.42 Å². The molecule has 2 nitrogen and oxygen atoms in total. The molecule has 3 rings (SSSR count). The van der Waals surface area contributed by atoms with Gasteiger partial charge in [0.2, 0.25) is 0 Å². The minimum absolute atomic E-state index is 0.0320. The second-order valence-corrected chi connectivity index (χ2v) is 8.90. The SMILES string of the molecule is ClC(Cl)Cl.F[B-](F)(F)F.O[C@H]1[C@H](F)CC[C@H]1[NH+](Cc1ccccc1)Cc1ccccc1. The molecular weight excluding hydrogens is 482 g/mol. The van der Waals surface area contributed by atoms with Crippen LogP contribution in [-0.2, 0) is 13.1 Å². The number of nitrogens with one attached hydrogen (secondary N) is 1. The van der Waals surface area contributed by atoms with Gasteiger partial charge in [0.15, 0.2) is 4.30 Å². The van der Waals surface area contributed by atoms with E-state index in [0.717, 1.165) is 19.5 Å². The number of hydrogen-bond donors (Lipinski definition) is 2. The number of benzene rings is 2. The largest absolute Gasteiger partial charge is 0.673 e. The van der Waals surface area contributed by atoms with E-state index < -0.39 is 23.8 Å². The number of aliphatic hydroxyl groups is 1. The van der Waals surface area contributed by atoms with Crippen molar-refractivity contribution >= 4 is 42.1 Å². The molecule has 174 valence electrons. The molecule has 0 bridgehead atoms. The third-order valence-electron chi connectivity index (χ3n) is 4.61. The van der Waals surface area contributed by atoms with E-state index in [1.165, 1.54) is 16.0 Å². The Balaban J connectivity index is 0.000000454. The number of aliphatic hydroxyl groups excluding tert-OH is 1. The van der Waals surface area contributed by atoms with Crippen LogP contribution < -0.4 is 4.90 Å². The van der Waals surface area contributed by atoms with Crippen molar-refractivity contribution < 1.29 is 31.7 Å². The van der Waals surface area contributed by atoms with E-state index in [1.54, 1.807) is 0 Å². The normalized spacial score (nSPS) is 20.7. The zero-order chi connectivity index (χ0) is 23.4. The summed E-state index contributed by atoms with van der Waals surface area (Å²) in [4.78, 5) is 1.24. The highest BCUT2D eigenvalue weighted by Gasteiger charge is 2.41. The van der Waals surface area contributed by atoms with Crippen LogP contribution in [0.4, 0.5) is 21.7 Å². The summed E-state index contributed by atoms with van der Waals surface area (Å²) in [6.45, 7) is 1.62. The summed E-state index contributed by atoms with van der Waals surface area (Å²) >= 11 is 14.4. The zero-order valence-electron chi connectivity index (χ0n) is 16.5. The van der Waals surface area contributed by atoms with Crippen molar-refractivity contribution in [2.45, 2.75) is 48.5 Å². The van der Waals surface area contributed by atoms with E-state index in [1.807, 2.05) is 36.4 Å². The summed E-state index contributed by atoms with van der Waals surface area (Å²) in [7, 11) is -6.00. The van der Waals surface area contributed by atoms with Gasteiger partial charge in [-0.05, 0) is 6.42 Å².